The second kappa shape index (κ2) is 6.75. The highest BCUT2D eigenvalue weighted by Crippen LogP contribution is 2.31. The zero-order valence-corrected chi connectivity index (χ0v) is 12.6. The molecule has 1 fully saturated rings. The Balaban J connectivity index is 1.70. The lowest BCUT2D eigenvalue weighted by Crippen LogP contribution is -2.39. The second-order valence-electron chi connectivity index (χ2n) is 5.85. The smallest absolute Gasteiger partial charge is 0.224 e. The average Bonchev–Trinajstić information content (AvgIpc) is 3.10. The Labute approximate surface area is 130 Å². The number of hydrogen-bond acceptors (Lipinski definition) is 3. The van der Waals surface area contributed by atoms with Crippen molar-refractivity contribution in [2.24, 2.45) is 5.73 Å². The summed E-state index contributed by atoms with van der Waals surface area (Å²) in [5.74, 6) is 0.127. The first-order valence-electron chi connectivity index (χ1n) is 7.84. The zero-order valence-electron chi connectivity index (χ0n) is 12.6. The first-order chi connectivity index (χ1) is 10.8. The van der Waals surface area contributed by atoms with E-state index in [4.69, 9.17) is 5.73 Å². The molecule has 2 aromatic rings. The molecule has 3 N–H and O–H groups in total. The summed E-state index contributed by atoms with van der Waals surface area (Å²) in [7, 11) is 0. The van der Waals surface area contributed by atoms with E-state index in [2.05, 4.69) is 10.2 Å². The minimum Gasteiger partial charge on any atom is -0.335 e. The van der Waals surface area contributed by atoms with E-state index >= 15 is 0 Å². The van der Waals surface area contributed by atoms with Crippen molar-refractivity contribution < 1.29 is 4.79 Å². The summed E-state index contributed by atoms with van der Waals surface area (Å²) in [5.41, 5.74) is 8.29. The summed E-state index contributed by atoms with van der Waals surface area (Å²) in [4.78, 5) is 14.7. The molecule has 116 valence electrons. The van der Waals surface area contributed by atoms with Crippen LogP contribution in [-0.4, -0.2) is 27.5 Å². The van der Waals surface area contributed by atoms with E-state index in [1.807, 2.05) is 47.6 Å². The lowest BCUT2D eigenvalue weighted by Gasteiger charge is -2.36. The number of aromatic amines is 1. The quantitative estimate of drug-likeness (QED) is 0.911. The normalized spacial score (nSPS) is 19.9. The lowest BCUT2D eigenvalue weighted by molar-refractivity contribution is -0.135. The number of H-pyrrole nitrogens is 1. The topological polar surface area (TPSA) is 75.0 Å². The maximum absolute atomic E-state index is 12.7. The SMILES string of the molecule is NC(CC(=O)N1CCCCC1c1cn[nH]c1)c1ccccc1. The van der Waals surface area contributed by atoms with Crippen molar-refractivity contribution >= 4 is 5.91 Å². The van der Waals surface area contributed by atoms with E-state index in [9.17, 15) is 4.79 Å². The molecule has 3 rings (SSSR count). The highest BCUT2D eigenvalue weighted by molar-refractivity contribution is 5.77. The molecule has 0 saturated carbocycles. The van der Waals surface area contributed by atoms with Crippen molar-refractivity contribution in [3.05, 3.63) is 53.9 Å². The van der Waals surface area contributed by atoms with Crippen molar-refractivity contribution in [1.29, 1.82) is 0 Å². The molecule has 1 aliphatic heterocycles. The van der Waals surface area contributed by atoms with Gasteiger partial charge in [-0.25, -0.2) is 0 Å². The van der Waals surface area contributed by atoms with Crippen LogP contribution < -0.4 is 5.73 Å². The van der Waals surface area contributed by atoms with Gasteiger partial charge < -0.3 is 10.6 Å². The fraction of sp³-hybridized carbons (Fsp3) is 0.412. The predicted molar refractivity (Wildman–Crippen MR) is 84.9 cm³/mol. The van der Waals surface area contributed by atoms with E-state index in [0.29, 0.717) is 6.42 Å². The van der Waals surface area contributed by atoms with Gasteiger partial charge in [-0.15, -0.1) is 0 Å². The van der Waals surface area contributed by atoms with Gasteiger partial charge >= 0.3 is 0 Å². The summed E-state index contributed by atoms with van der Waals surface area (Å²) in [5, 5.41) is 6.85. The van der Waals surface area contributed by atoms with Crippen LogP contribution in [0.3, 0.4) is 0 Å². The Morgan fingerprint density at radius 3 is 2.91 bits per heavy atom. The summed E-state index contributed by atoms with van der Waals surface area (Å²) in [6.07, 6.45) is 7.23. The van der Waals surface area contributed by atoms with Gasteiger partial charge in [-0.1, -0.05) is 30.3 Å². The first-order valence-corrected chi connectivity index (χ1v) is 7.84. The summed E-state index contributed by atoms with van der Waals surface area (Å²) in [6.45, 7) is 0.802. The van der Waals surface area contributed by atoms with Gasteiger partial charge in [-0.3, -0.25) is 9.89 Å². The van der Waals surface area contributed by atoms with Gasteiger partial charge in [0.2, 0.25) is 5.91 Å². The predicted octanol–water partition coefficient (Wildman–Crippen LogP) is 2.55. The minimum atomic E-state index is -0.249. The number of aromatic nitrogens is 2. The van der Waals surface area contributed by atoms with Crippen molar-refractivity contribution in [1.82, 2.24) is 15.1 Å². The van der Waals surface area contributed by atoms with Gasteiger partial charge in [0.25, 0.3) is 0 Å². The lowest BCUT2D eigenvalue weighted by atomic mass is 9.96. The number of nitrogens with one attached hydrogen (secondary N) is 1. The number of amides is 1. The van der Waals surface area contributed by atoms with E-state index in [1.165, 1.54) is 0 Å². The number of benzene rings is 1. The second-order valence-corrected chi connectivity index (χ2v) is 5.85. The van der Waals surface area contributed by atoms with Crippen LogP contribution in [0.25, 0.3) is 0 Å². The van der Waals surface area contributed by atoms with Crippen LogP contribution in [0.5, 0.6) is 0 Å². The molecule has 0 radical (unpaired) electrons. The summed E-state index contributed by atoms with van der Waals surface area (Å²) >= 11 is 0. The Kier molecular flexibility index (Phi) is 4.53. The molecule has 1 saturated heterocycles. The molecule has 5 nitrogen and oxygen atoms in total. The number of rotatable bonds is 4. The van der Waals surface area contributed by atoms with Crippen molar-refractivity contribution in [3.8, 4) is 0 Å². The van der Waals surface area contributed by atoms with Crippen LogP contribution in [0.4, 0.5) is 0 Å². The summed E-state index contributed by atoms with van der Waals surface area (Å²) < 4.78 is 0. The molecule has 1 aliphatic rings. The van der Waals surface area contributed by atoms with Crippen LogP contribution in [0.2, 0.25) is 0 Å². The Morgan fingerprint density at radius 2 is 2.18 bits per heavy atom. The number of nitrogens with zero attached hydrogens (tertiary/aromatic N) is 2. The van der Waals surface area contributed by atoms with Gasteiger partial charge in [-0.2, -0.15) is 5.10 Å². The molecule has 0 aliphatic carbocycles. The Bertz CT molecular complexity index is 596. The van der Waals surface area contributed by atoms with Crippen LogP contribution in [0, 0.1) is 0 Å². The Morgan fingerprint density at radius 1 is 1.36 bits per heavy atom. The van der Waals surface area contributed by atoms with Gasteiger partial charge in [0.05, 0.1) is 12.2 Å². The molecular weight excluding hydrogens is 276 g/mol. The van der Waals surface area contributed by atoms with E-state index in [1.54, 1.807) is 0 Å². The number of hydrogen-bond donors (Lipinski definition) is 2. The molecule has 1 aromatic heterocycles. The minimum absolute atomic E-state index is 0.127. The standard InChI is InChI=1S/C17H22N4O/c18-15(13-6-2-1-3-7-13)10-17(22)21-9-5-4-8-16(21)14-11-19-20-12-14/h1-3,6-7,11-12,15-16H,4-5,8-10,18H2,(H,19,20). The highest BCUT2D eigenvalue weighted by atomic mass is 16.2. The number of nitrogens with two attached hydrogens (primary N) is 1. The zero-order chi connectivity index (χ0) is 15.4. The fourth-order valence-corrected chi connectivity index (χ4v) is 3.14. The molecule has 22 heavy (non-hydrogen) atoms. The third kappa shape index (κ3) is 3.20. The summed E-state index contributed by atoms with van der Waals surface area (Å²) in [6, 6.07) is 9.69. The van der Waals surface area contributed by atoms with Gasteiger partial charge in [0.15, 0.2) is 0 Å². The van der Waals surface area contributed by atoms with Gasteiger partial charge in [-0.05, 0) is 24.8 Å². The first kappa shape index (κ1) is 14.8. The molecular formula is C17H22N4O. The number of carbonyl (C=O) groups excluding carboxylic acids is 1. The fourth-order valence-electron chi connectivity index (χ4n) is 3.14. The monoisotopic (exact) mass is 298 g/mol. The molecule has 5 heteroatoms. The van der Waals surface area contributed by atoms with Crippen molar-refractivity contribution in [3.63, 3.8) is 0 Å². The van der Waals surface area contributed by atoms with E-state index in [0.717, 1.165) is 36.9 Å². The third-order valence-electron chi connectivity index (χ3n) is 4.35. The average molecular weight is 298 g/mol. The van der Waals surface area contributed by atoms with Crippen LogP contribution in [0.1, 0.15) is 48.9 Å². The molecule has 0 bridgehead atoms. The number of carbonyl (C=O) groups is 1. The third-order valence-corrected chi connectivity index (χ3v) is 4.35. The largest absolute Gasteiger partial charge is 0.335 e. The number of likely N-dealkylation sites (tertiary alicyclic amines) is 1. The molecule has 2 unspecified atom stereocenters. The van der Waals surface area contributed by atoms with Crippen molar-refractivity contribution in [2.45, 2.75) is 37.8 Å². The van der Waals surface area contributed by atoms with Gasteiger partial charge in [0.1, 0.15) is 0 Å². The maximum atomic E-state index is 12.7. The van der Waals surface area contributed by atoms with E-state index < -0.39 is 0 Å². The van der Waals surface area contributed by atoms with Crippen molar-refractivity contribution in [2.75, 3.05) is 6.54 Å². The number of piperidine rings is 1. The van der Waals surface area contributed by atoms with Crippen LogP contribution in [0.15, 0.2) is 42.7 Å². The van der Waals surface area contributed by atoms with Crippen LogP contribution >= 0.6 is 0 Å². The molecule has 0 spiro atoms. The molecule has 2 heterocycles. The Hall–Kier alpha value is -2.14. The van der Waals surface area contributed by atoms with E-state index in [-0.39, 0.29) is 18.0 Å². The molecule has 1 amide bonds. The maximum Gasteiger partial charge on any atom is 0.224 e. The molecule has 1 aromatic carbocycles. The highest BCUT2D eigenvalue weighted by Gasteiger charge is 2.29. The van der Waals surface area contributed by atoms with Gasteiger partial charge in [0, 0.05) is 30.8 Å². The molecule has 2 atom stereocenters. The van der Waals surface area contributed by atoms with Crippen LogP contribution in [-0.2, 0) is 4.79 Å².